The minimum Gasteiger partial charge on any atom is -0.464 e. The topological polar surface area (TPSA) is 211 Å². The third-order valence-corrected chi connectivity index (χ3v) is 17.1. The number of aryl methyl sites for hydroxylation is 1. The molecule has 4 aromatic heterocycles. The van der Waals surface area contributed by atoms with Crippen molar-refractivity contribution in [1.82, 2.24) is 49.9 Å². The molecule has 3 saturated heterocycles. The Labute approximate surface area is 434 Å². The highest BCUT2D eigenvalue weighted by atomic mass is 32.1. The number of nitrogens with one attached hydrogen (secondary N) is 4. The predicted molar refractivity (Wildman–Crippen MR) is 278 cm³/mol. The third-order valence-electron chi connectivity index (χ3n) is 15.9. The molecular formula is C55H66N10O8S. The Balaban J connectivity index is 0.897. The zero-order chi connectivity index (χ0) is 51.6. The molecular weight excluding hydrogens is 961 g/mol. The van der Waals surface area contributed by atoms with Gasteiger partial charge in [-0.2, -0.15) is 0 Å². The lowest BCUT2D eigenvalue weighted by molar-refractivity contribution is -0.139. The summed E-state index contributed by atoms with van der Waals surface area (Å²) in [6.45, 7) is 11.6. The predicted octanol–water partition coefficient (Wildman–Crippen LogP) is 9.70. The average Bonchev–Trinajstić information content (AvgIpc) is 4.23. The molecule has 4 N–H and O–H groups in total. The molecule has 0 bridgehead atoms. The normalized spacial score (nSPS) is 22.2. The summed E-state index contributed by atoms with van der Waals surface area (Å²) in [6, 6.07) is 10.9. The second-order valence-corrected chi connectivity index (χ2v) is 22.7. The monoisotopic (exact) mass is 1030 g/mol. The Morgan fingerprint density at radius 1 is 0.797 bits per heavy atom. The number of methoxy groups -OCH3 is 2. The summed E-state index contributed by atoms with van der Waals surface area (Å²) in [5.74, 6) is 2.09. The number of carbonyl (C=O) groups is 4. The molecule has 4 fully saturated rings. The number of benzene rings is 2. The summed E-state index contributed by atoms with van der Waals surface area (Å²) < 4.78 is 25.3. The van der Waals surface area contributed by atoms with Gasteiger partial charge in [0.05, 0.1) is 76.8 Å². The zero-order valence-electron chi connectivity index (χ0n) is 43.2. The Morgan fingerprint density at radius 2 is 1.47 bits per heavy atom. The molecule has 4 unspecified atom stereocenters. The smallest absolute Gasteiger partial charge is 0.407 e. The van der Waals surface area contributed by atoms with Gasteiger partial charge >= 0.3 is 12.2 Å². The number of aromatic nitrogens is 6. The first-order valence-corrected chi connectivity index (χ1v) is 27.0. The van der Waals surface area contributed by atoms with Crippen LogP contribution in [-0.2, 0) is 23.8 Å². The number of aromatic amines is 2. The average molecular weight is 1030 g/mol. The fourth-order valence-corrected chi connectivity index (χ4v) is 13.0. The molecule has 4 aliphatic heterocycles. The first-order chi connectivity index (χ1) is 35.7. The Kier molecular flexibility index (Phi) is 13.3. The SMILES string of the molecule is COC(=O)NC(C(=O)N1CCC[C@H]1c1ncc(-c2cc(C)c3c(c2)OC(c2cnc(C4CCC4)s2)n2c-3cc3cc(-c4cnc([C@@H]5CCCN5C(=O)C(NC(=O)OC)C5CCOC(C)(C)C5)[nH]4)ccc32)[nH]1)C(C)C. The number of imidazole rings is 2. The van der Waals surface area contributed by atoms with Gasteiger partial charge < -0.3 is 49.3 Å². The van der Waals surface area contributed by atoms with Crippen molar-refractivity contribution in [2.75, 3.05) is 33.9 Å². The molecule has 1 saturated carbocycles. The number of H-pyrrole nitrogens is 2. The van der Waals surface area contributed by atoms with Crippen LogP contribution >= 0.6 is 11.3 Å². The van der Waals surface area contributed by atoms with Crippen LogP contribution in [0.4, 0.5) is 9.59 Å². The highest BCUT2D eigenvalue weighted by Crippen LogP contribution is 2.50. The molecule has 19 heteroatoms. The molecule has 2 aromatic carbocycles. The first-order valence-electron chi connectivity index (χ1n) is 26.1. The highest BCUT2D eigenvalue weighted by Gasteiger charge is 2.44. The number of ether oxygens (including phenoxy) is 4. The van der Waals surface area contributed by atoms with Crippen molar-refractivity contribution in [3.05, 3.63) is 82.1 Å². The van der Waals surface area contributed by atoms with Crippen LogP contribution in [-0.4, -0.2) is 115 Å². The highest BCUT2D eigenvalue weighted by molar-refractivity contribution is 7.11. The van der Waals surface area contributed by atoms with Gasteiger partial charge in [-0.15, -0.1) is 11.3 Å². The van der Waals surface area contributed by atoms with E-state index >= 15 is 0 Å². The van der Waals surface area contributed by atoms with Crippen molar-refractivity contribution in [2.24, 2.45) is 11.8 Å². The van der Waals surface area contributed by atoms with Crippen molar-refractivity contribution in [1.29, 1.82) is 0 Å². The standard InChI is InChI=1S/C55H66N10O8S/c1-29(2)45(61-53(68)70-6)50(66)63-18-9-13-39(63)48-57-27-37(60-48)34-21-30(3)44-41-23-35-22-32(15-16-38(35)65(41)52(73-42(44)24-34)43-28-58-49(74-43)31-11-8-12-31)36-26-56-47(59-36)40-14-10-19-64(40)51(67)46(62-54(69)71-7)33-17-20-72-55(4,5)25-33/h15-16,21-24,26-29,31,33,39-40,45-46,52H,8-14,17-20,25H2,1-7H3,(H,56,59)(H,57,60)(H,61,68)(H,62,69)/t33?,39-,40-,45?,46?,52?/m0/s1. The third kappa shape index (κ3) is 9.19. The van der Waals surface area contributed by atoms with Crippen molar-refractivity contribution in [3.8, 4) is 39.5 Å². The lowest BCUT2D eigenvalue weighted by atomic mass is 9.82. The van der Waals surface area contributed by atoms with E-state index in [1.54, 1.807) is 11.3 Å². The van der Waals surface area contributed by atoms with Gasteiger partial charge in [0.1, 0.15) is 29.5 Å². The summed E-state index contributed by atoms with van der Waals surface area (Å²) in [5, 5.41) is 7.80. The molecule has 6 atom stereocenters. The first kappa shape index (κ1) is 49.5. The molecule has 5 aliphatic rings. The van der Waals surface area contributed by atoms with E-state index in [0.29, 0.717) is 50.1 Å². The maximum absolute atomic E-state index is 14.5. The maximum atomic E-state index is 14.5. The zero-order valence-corrected chi connectivity index (χ0v) is 44.0. The van der Waals surface area contributed by atoms with E-state index in [0.717, 1.165) is 104 Å². The summed E-state index contributed by atoms with van der Waals surface area (Å²) in [4.78, 5) is 79.7. The van der Waals surface area contributed by atoms with Gasteiger partial charge in [0.25, 0.3) is 0 Å². The Morgan fingerprint density at radius 3 is 2.12 bits per heavy atom. The van der Waals surface area contributed by atoms with E-state index < -0.39 is 36.1 Å². The molecule has 390 valence electrons. The largest absolute Gasteiger partial charge is 0.464 e. The lowest BCUT2D eigenvalue weighted by Crippen LogP contribution is -2.54. The number of alkyl carbamates (subject to hydrolysis) is 2. The van der Waals surface area contributed by atoms with E-state index in [4.69, 9.17) is 33.9 Å². The summed E-state index contributed by atoms with van der Waals surface area (Å²) in [5.41, 5.74) is 7.17. The molecule has 74 heavy (non-hydrogen) atoms. The second kappa shape index (κ2) is 19.8. The van der Waals surface area contributed by atoms with Crippen molar-refractivity contribution >= 4 is 46.2 Å². The van der Waals surface area contributed by atoms with Crippen molar-refractivity contribution < 1.29 is 38.1 Å². The number of rotatable bonds is 12. The lowest BCUT2D eigenvalue weighted by Gasteiger charge is -2.40. The fraction of sp³-hybridized carbons (Fsp3) is 0.509. The molecule has 6 aromatic rings. The van der Waals surface area contributed by atoms with E-state index in [-0.39, 0.29) is 35.7 Å². The number of likely N-dealkylation sites (tertiary alicyclic amines) is 2. The Hall–Kier alpha value is -6.73. The van der Waals surface area contributed by atoms with Crippen LogP contribution in [0.3, 0.4) is 0 Å². The Bertz CT molecular complexity index is 3110. The molecule has 11 rings (SSSR count). The molecule has 1 aliphatic carbocycles. The van der Waals surface area contributed by atoms with Crippen molar-refractivity contribution in [2.45, 2.75) is 134 Å². The summed E-state index contributed by atoms with van der Waals surface area (Å²) in [7, 11) is 2.61. The van der Waals surface area contributed by atoms with Crippen LogP contribution in [0.15, 0.2) is 55.0 Å². The van der Waals surface area contributed by atoms with Gasteiger partial charge in [0, 0.05) is 53.9 Å². The summed E-state index contributed by atoms with van der Waals surface area (Å²) in [6.07, 6.45) is 11.8. The molecule has 8 heterocycles. The van der Waals surface area contributed by atoms with Gasteiger partial charge in [0.2, 0.25) is 18.0 Å². The summed E-state index contributed by atoms with van der Waals surface area (Å²) >= 11 is 1.73. The van der Waals surface area contributed by atoms with Crippen LogP contribution in [0.1, 0.15) is 137 Å². The van der Waals surface area contributed by atoms with Gasteiger partial charge in [-0.05, 0) is 120 Å². The molecule has 18 nitrogen and oxygen atoms in total. The van der Waals surface area contributed by atoms with Gasteiger partial charge in [-0.25, -0.2) is 24.5 Å². The number of thiazole rings is 1. The van der Waals surface area contributed by atoms with E-state index in [2.05, 4.69) is 68.5 Å². The van der Waals surface area contributed by atoms with E-state index in [1.165, 1.54) is 20.6 Å². The number of fused-ring (bicyclic) bond motifs is 5. The number of carbonyl (C=O) groups excluding carboxylic acids is 4. The van der Waals surface area contributed by atoms with Crippen LogP contribution in [0.25, 0.3) is 44.7 Å². The minimum absolute atomic E-state index is 0.108. The number of hydrogen-bond acceptors (Lipinski definition) is 12. The van der Waals surface area contributed by atoms with E-state index in [9.17, 15) is 19.2 Å². The second-order valence-electron chi connectivity index (χ2n) is 21.6. The minimum atomic E-state index is -0.750. The molecule has 0 radical (unpaired) electrons. The fourth-order valence-electron chi connectivity index (χ4n) is 11.9. The maximum Gasteiger partial charge on any atom is 0.407 e. The van der Waals surface area contributed by atoms with Gasteiger partial charge in [-0.3, -0.25) is 14.2 Å². The van der Waals surface area contributed by atoms with Crippen molar-refractivity contribution in [3.63, 3.8) is 0 Å². The van der Waals surface area contributed by atoms with E-state index in [1.807, 2.05) is 56.1 Å². The quantitative estimate of drug-likeness (QED) is 0.0906. The van der Waals surface area contributed by atoms with Crippen LogP contribution in [0.5, 0.6) is 5.75 Å². The number of amides is 4. The van der Waals surface area contributed by atoms with Crippen LogP contribution in [0, 0.1) is 18.8 Å². The van der Waals surface area contributed by atoms with Gasteiger partial charge in [0.15, 0.2) is 0 Å². The number of hydrogen-bond donors (Lipinski definition) is 4. The van der Waals surface area contributed by atoms with Crippen LogP contribution in [0.2, 0.25) is 0 Å². The number of nitrogens with zero attached hydrogens (tertiary/aromatic N) is 6. The van der Waals surface area contributed by atoms with Crippen LogP contribution < -0.4 is 15.4 Å². The molecule has 4 amide bonds. The van der Waals surface area contributed by atoms with Gasteiger partial charge in [-0.1, -0.05) is 26.3 Å². The molecule has 0 spiro atoms.